The van der Waals surface area contributed by atoms with Crippen molar-refractivity contribution in [2.45, 2.75) is 39.0 Å². The van der Waals surface area contributed by atoms with Crippen molar-refractivity contribution >= 4 is 15.9 Å². The van der Waals surface area contributed by atoms with Crippen LogP contribution in [-0.4, -0.2) is 54.9 Å². The van der Waals surface area contributed by atoms with Crippen LogP contribution in [0.4, 0.5) is 0 Å². The highest BCUT2D eigenvalue weighted by atomic mass is 32.2. The Hall–Kier alpha value is -1.41. The van der Waals surface area contributed by atoms with Crippen LogP contribution in [0.15, 0.2) is 9.42 Å². The van der Waals surface area contributed by atoms with Gasteiger partial charge in [-0.05, 0) is 19.8 Å². The predicted molar refractivity (Wildman–Crippen MR) is 80.8 cm³/mol. The summed E-state index contributed by atoms with van der Waals surface area (Å²) in [5, 5.41) is 3.71. The average molecular weight is 329 g/mol. The minimum Gasteiger partial charge on any atom is -0.360 e. The van der Waals surface area contributed by atoms with E-state index in [1.165, 1.54) is 4.31 Å². The maximum atomic E-state index is 12.7. The molecule has 7 nitrogen and oxygen atoms in total. The Kier molecular flexibility index (Phi) is 4.91. The van der Waals surface area contributed by atoms with Gasteiger partial charge in [0.15, 0.2) is 5.76 Å². The average Bonchev–Trinajstić information content (AvgIpc) is 2.78. The molecule has 1 aliphatic heterocycles. The molecule has 0 aliphatic carbocycles. The predicted octanol–water partition coefficient (Wildman–Crippen LogP) is 1.17. The van der Waals surface area contributed by atoms with Gasteiger partial charge in [-0.2, -0.15) is 4.31 Å². The number of hydrogen-bond donors (Lipinski definition) is 0. The van der Waals surface area contributed by atoms with Crippen LogP contribution in [0.25, 0.3) is 0 Å². The highest BCUT2D eigenvalue weighted by Gasteiger charge is 2.34. The first-order chi connectivity index (χ1) is 10.2. The fraction of sp³-hybridized carbons (Fsp3) is 0.714. The number of piperazine rings is 1. The first-order valence-electron chi connectivity index (χ1n) is 7.44. The second-order valence-electron chi connectivity index (χ2n) is 6.04. The van der Waals surface area contributed by atoms with Gasteiger partial charge in [0.25, 0.3) is 0 Å². The third kappa shape index (κ3) is 3.33. The van der Waals surface area contributed by atoms with Crippen molar-refractivity contribution in [3.8, 4) is 0 Å². The smallest absolute Gasteiger partial charge is 0.248 e. The summed E-state index contributed by atoms with van der Waals surface area (Å²) in [5.41, 5.74) is 0.371. The zero-order valence-corrected chi connectivity index (χ0v) is 14.3. The molecule has 1 aromatic rings. The highest BCUT2D eigenvalue weighted by molar-refractivity contribution is 7.89. The SMILES string of the molecule is Cc1noc(C)c1S(=O)(=O)N1CCN(C(=O)CC(C)C)CC1. The van der Waals surface area contributed by atoms with Gasteiger partial charge < -0.3 is 9.42 Å². The van der Waals surface area contributed by atoms with E-state index in [-0.39, 0.29) is 10.8 Å². The van der Waals surface area contributed by atoms with Gasteiger partial charge in [-0.15, -0.1) is 0 Å². The van der Waals surface area contributed by atoms with Gasteiger partial charge in [0, 0.05) is 32.6 Å². The van der Waals surface area contributed by atoms with Crippen LogP contribution < -0.4 is 0 Å². The van der Waals surface area contributed by atoms with Gasteiger partial charge in [-0.3, -0.25) is 4.79 Å². The molecule has 1 fully saturated rings. The Balaban J connectivity index is 2.07. The van der Waals surface area contributed by atoms with E-state index in [0.29, 0.717) is 50.0 Å². The van der Waals surface area contributed by atoms with Gasteiger partial charge in [-0.1, -0.05) is 19.0 Å². The number of hydrogen-bond acceptors (Lipinski definition) is 5. The Labute approximate surface area is 131 Å². The standard InChI is InChI=1S/C14H23N3O4S/c1-10(2)9-13(18)16-5-7-17(8-6-16)22(19,20)14-11(3)15-21-12(14)4/h10H,5-9H2,1-4H3. The molecule has 0 aromatic carbocycles. The summed E-state index contributed by atoms with van der Waals surface area (Å²) >= 11 is 0. The lowest BCUT2D eigenvalue weighted by Crippen LogP contribution is -2.50. The monoisotopic (exact) mass is 329 g/mol. The Morgan fingerprint density at radius 2 is 1.82 bits per heavy atom. The number of carbonyl (C=O) groups excluding carboxylic acids is 1. The van der Waals surface area contributed by atoms with Gasteiger partial charge in [0.2, 0.25) is 15.9 Å². The summed E-state index contributed by atoms with van der Waals surface area (Å²) in [6, 6.07) is 0. The molecule has 0 radical (unpaired) electrons. The number of rotatable bonds is 4. The molecular weight excluding hydrogens is 306 g/mol. The van der Waals surface area contributed by atoms with E-state index in [2.05, 4.69) is 5.16 Å². The van der Waals surface area contributed by atoms with Crippen LogP contribution in [0.3, 0.4) is 0 Å². The fourth-order valence-electron chi connectivity index (χ4n) is 2.63. The van der Waals surface area contributed by atoms with Crippen molar-refractivity contribution in [3.63, 3.8) is 0 Å². The number of nitrogens with zero attached hydrogens (tertiary/aromatic N) is 3. The largest absolute Gasteiger partial charge is 0.360 e. The Morgan fingerprint density at radius 3 is 2.27 bits per heavy atom. The third-order valence-electron chi connectivity index (χ3n) is 3.74. The summed E-state index contributed by atoms with van der Waals surface area (Å²) in [4.78, 5) is 13.9. The van der Waals surface area contributed by atoms with Crippen LogP contribution in [0.2, 0.25) is 0 Å². The summed E-state index contributed by atoms with van der Waals surface area (Å²) in [7, 11) is -3.61. The van der Waals surface area contributed by atoms with Crippen molar-refractivity contribution in [2.24, 2.45) is 5.92 Å². The van der Waals surface area contributed by atoms with Crippen molar-refractivity contribution in [1.82, 2.24) is 14.4 Å². The molecule has 22 heavy (non-hydrogen) atoms. The zero-order chi connectivity index (χ0) is 16.5. The summed E-state index contributed by atoms with van der Waals surface area (Å²) in [5.74, 6) is 0.691. The maximum Gasteiger partial charge on any atom is 0.248 e. The van der Waals surface area contributed by atoms with Crippen LogP contribution in [0.1, 0.15) is 31.7 Å². The Bertz CT molecular complexity index is 624. The van der Waals surface area contributed by atoms with E-state index in [4.69, 9.17) is 4.52 Å². The van der Waals surface area contributed by atoms with Gasteiger partial charge in [0.05, 0.1) is 0 Å². The van der Waals surface area contributed by atoms with E-state index >= 15 is 0 Å². The quantitative estimate of drug-likeness (QED) is 0.828. The second kappa shape index (κ2) is 6.37. The molecule has 8 heteroatoms. The van der Waals surface area contributed by atoms with Crippen molar-refractivity contribution in [2.75, 3.05) is 26.2 Å². The fourth-order valence-corrected chi connectivity index (χ4v) is 4.34. The molecule has 2 rings (SSSR count). The number of carbonyl (C=O) groups is 1. The minimum atomic E-state index is -3.61. The number of sulfonamides is 1. The van der Waals surface area contributed by atoms with Crippen molar-refractivity contribution < 1.29 is 17.7 Å². The molecule has 0 bridgehead atoms. The molecule has 0 spiro atoms. The topological polar surface area (TPSA) is 83.7 Å². The van der Waals surface area contributed by atoms with Crippen molar-refractivity contribution in [1.29, 1.82) is 0 Å². The third-order valence-corrected chi connectivity index (χ3v) is 5.88. The van der Waals surface area contributed by atoms with E-state index in [1.54, 1.807) is 18.7 Å². The molecule has 0 saturated carbocycles. The zero-order valence-electron chi connectivity index (χ0n) is 13.5. The maximum absolute atomic E-state index is 12.7. The van der Waals surface area contributed by atoms with E-state index in [0.717, 1.165) is 0 Å². The van der Waals surface area contributed by atoms with Crippen LogP contribution in [0.5, 0.6) is 0 Å². The lowest BCUT2D eigenvalue weighted by Gasteiger charge is -2.34. The molecule has 2 heterocycles. The normalized spacial score (nSPS) is 17.2. The summed E-state index contributed by atoms with van der Waals surface area (Å²) < 4.78 is 31.7. The van der Waals surface area contributed by atoms with Gasteiger partial charge in [-0.25, -0.2) is 8.42 Å². The van der Waals surface area contributed by atoms with Gasteiger partial charge >= 0.3 is 0 Å². The lowest BCUT2D eigenvalue weighted by atomic mass is 10.1. The summed E-state index contributed by atoms with van der Waals surface area (Å²) in [6.45, 7) is 8.65. The molecule has 1 amide bonds. The van der Waals surface area contributed by atoms with Crippen LogP contribution in [0, 0.1) is 19.8 Å². The van der Waals surface area contributed by atoms with Crippen LogP contribution in [-0.2, 0) is 14.8 Å². The number of amides is 1. The minimum absolute atomic E-state index is 0.0874. The molecule has 0 unspecified atom stereocenters. The Morgan fingerprint density at radius 1 is 1.23 bits per heavy atom. The molecule has 0 N–H and O–H groups in total. The number of aryl methyl sites for hydroxylation is 2. The molecule has 124 valence electrons. The van der Waals surface area contributed by atoms with E-state index in [9.17, 15) is 13.2 Å². The molecule has 1 aromatic heterocycles. The molecule has 1 aliphatic rings. The number of aromatic nitrogens is 1. The first kappa shape index (κ1) is 17.0. The van der Waals surface area contributed by atoms with Gasteiger partial charge in [0.1, 0.15) is 10.6 Å². The molecule has 0 atom stereocenters. The second-order valence-corrected chi connectivity index (χ2v) is 7.91. The van der Waals surface area contributed by atoms with Crippen molar-refractivity contribution in [3.05, 3.63) is 11.5 Å². The lowest BCUT2D eigenvalue weighted by molar-refractivity contribution is -0.133. The van der Waals surface area contributed by atoms with E-state index in [1.807, 2.05) is 13.8 Å². The van der Waals surface area contributed by atoms with Crippen LogP contribution >= 0.6 is 0 Å². The van der Waals surface area contributed by atoms with E-state index < -0.39 is 10.0 Å². The molecule has 1 saturated heterocycles. The first-order valence-corrected chi connectivity index (χ1v) is 8.88. The highest BCUT2D eigenvalue weighted by Crippen LogP contribution is 2.24. The summed E-state index contributed by atoms with van der Waals surface area (Å²) in [6.07, 6.45) is 0.497. The molecular formula is C14H23N3O4S.